The minimum Gasteiger partial charge on any atom is -0.485 e. The third-order valence-corrected chi connectivity index (χ3v) is 7.90. The van der Waals surface area contributed by atoms with Crippen LogP contribution in [0.1, 0.15) is 34.9 Å². The molecule has 1 aliphatic heterocycles. The first-order chi connectivity index (χ1) is 14.0. The fourth-order valence-corrected chi connectivity index (χ4v) is 5.16. The molecule has 1 fully saturated rings. The lowest BCUT2D eigenvalue weighted by molar-refractivity contribution is 0.255. The summed E-state index contributed by atoms with van der Waals surface area (Å²) in [5.41, 5.74) is 9.48. The molecule has 1 aromatic carbocycles. The van der Waals surface area contributed by atoms with E-state index in [1.165, 1.54) is 27.0 Å². The highest BCUT2D eigenvalue weighted by Crippen LogP contribution is 2.36. The Hall–Kier alpha value is -1.71. The maximum absolute atomic E-state index is 6.08. The first-order valence-corrected chi connectivity index (χ1v) is 11.7. The first-order valence-electron chi connectivity index (χ1n) is 9.78. The minimum absolute atomic E-state index is 0.414. The summed E-state index contributed by atoms with van der Waals surface area (Å²) in [5, 5.41) is 1.22. The first kappa shape index (κ1) is 20.6. The van der Waals surface area contributed by atoms with E-state index >= 15 is 0 Å². The topological polar surface area (TPSA) is 64.3 Å². The van der Waals surface area contributed by atoms with E-state index in [0.717, 1.165) is 29.1 Å². The van der Waals surface area contributed by atoms with Gasteiger partial charge in [0.25, 0.3) is 0 Å². The Bertz CT molecular complexity index is 998. The zero-order valence-corrected chi connectivity index (χ0v) is 19.7. The number of aromatic nitrogens is 2. The van der Waals surface area contributed by atoms with E-state index in [-0.39, 0.29) is 0 Å². The number of nitrogens with two attached hydrogens (primary N) is 1. The number of likely N-dealkylation sites (tertiary alicyclic amines) is 1. The van der Waals surface area contributed by atoms with Crippen molar-refractivity contribution in [3.8, 4) is 16.2 Å². The zero-order valence-electron chi connectivity index (χ0n) is 16.7. The van der Waals surface area contributed by atoms with Crippen molar-refractivity contribution in [1.82, 2.24) is 14.9 Å². The van der Waals surface area contributed by atoms with Crippen molar-refractivity contribution in [2.75, 3.05) is 25.9 Å². The number of hydrogen-bond acceptors (Lipinski definition) is 6. The monoisotopic (exact) mass is 520 g/mol. The van der Waals surface area contributed by atoms with Crippen LogP contribution in [-0.4, -0.2) is 35.0 Å². The molecule has 4 rings (SSSR count). The van der Waals surface area contributed by atoms with Gasteiger partial charge in [0.1, 0.15) is 6.61 Å². The van der Waals surface area contributed by atoms with E-state index in [4.69, 9.17) is 15.5 Å². The summed E-state index contributed by atoms with van der Waals surface area (Å²) in [7, 11) is 2.18. The number of hydrogen-bond donors (Lipinski definition) is 1. The second-order valence-corrected chi connectivity index (χ2v) is 9.78. The third-order valence-electron chi connectivity index (χ3n) is 5.52. The molecular formula is C22H25IN4OS. The van der Waals surface area contributed by atoms with E-state index in [0.29, 0.717) is 24.1 Å². The van der Waals surface area contributed by atoms with Gasteiger partial charge in [-0.25, -0.2) is 9.97 Å². The standard InChI is InChI=1S/C22H25IN4OS/c1-14-16(4-3-5-18(14)23)13-28-19-10-17(11-25-21(19)24)20-12-26-22(29-20)15-6-8-27(2)9-7-15/h3-5,10-12,15H,6-9,13H2,1-2H3,(H2,24,25). The van der Waals surface area contributed by atoms with Gasteiger partial charge in [0, 0.05) is 27.4 Å². The summed E-state index contributed by atoms with van der Waals surface area (Å²) in [6, 6.07) is 8.22. The van der Waals surface area contributed by atoms with Crippen LogP contribution in [0.3, 0.4) is 0 Å². The number of nitrogens with zero attached hydrogens (tertiary/aromatic N) is 3. The Labute approximate surface area is 189 Å². The molecule has 29 heavy (non-hydrogen) atoms. The lowest BCUT2D eigenvalue weighted by Gasteiger charge is -2.27. The summed E-state index contributed by atoms with van der Waals surface area (Å²) in [6.45, 7) is 4.86. The number of benzene rings is 1. The summed E-state index contributed by atoms with van der Waals surface area (Å²) < 4.78 is 7.27. The SMILES string of the molecule is Cc1c(I)cccc1COc1cc(-c2cnc(C3CCN(C)CC3)s2)cnc1N. The maximum Gasteiger partial charge on any atom is 0.166 e. The number of thiazole rings is 1. The summed E-state index contributed by atoms with van der Waals surface area (Å²) in [6.07, 6.45) is 6.11. The molecule has 0 spiro atoms. The van der Waals surface area contributed by atoms with Crippen LogP contribution in [-0.2, 0) is 6.61 Å². The molecule has 0 saturated carbocycles. The molecular weight excluding hydrogens is 495 g/mol. The molecule has 152 valence electrons. The lowest BCUT2D eigenvalue weighted by atomic mass is 9.98. The van der Waals surface area contributed by atoms with E-state index in [1.54, 1.807) is 11.3 Å². The zero-order chi connectivity index (χ0) is 20.4. The van der Waals surface area contributed by atoms with E-state index in [2.05, 4.69) is 58.6 Å². The van der Waals surface area contributed by atoms with E-state index in [9.17, 15) is 0 Å². The van der Waals surface area contributed by atoms with Gasteiger partial charge < -0.3 is 15.4 Å². The molecule has 1 aliphatic rings. The number of pyridine rings is 1. The second-order valence-electron chi connectivity index (χ2n) is 7.56. The molecule has 2 N–H and O–H groups in total. The Morgan fingerprint density at radius 1 is 1.24 bits per heavy atom. The van der Waals surface area contributed by atoms with Crippen molar-refractivity contribution in [2.24, 2.45) is 0 Å². The molecule has 0 radical (unpaired) electrons. The van der Waals surface area contributed by atoms with Crippen molar-refractivity contribution in [1.29, 1.82) is 0 Å². The van der Waals surface area contributed by atoms with Crippen molar-refractivity contribution >= 4 is 39.7 Å². The molecule has 0 aliphatic carbocycles. The molecule has 0 bridgehead atoms. The highest BCUT2D eigenvalue weighted by molar-refractivity contribution is 14.1. The Balaban J connectivity index is 1.50. The van der Waals surface area contributed by atoms with Gasteiger partial charge in [0.2, 0.25) is 0 Å². The molecule has 3 heterocycles. The summed E-state index contributed by atoms with van der Waals surface area (Å²) in [5.74, 6) is 1.60. The minimum atomic E-state index is 0.414. The van der Waals surface area contributed by atoms with E-state index < -0.39 is 0 Å². The Kier molecular flexibility index (Phi) is 6.36. The van der Waals surface area contributed by atoms with Crippen molar-refractivity contribution in [2.45, 2.75) is 32.3 Å². The van der Waals surface area contributed by atoms with Gasteiger partial charge in [-0.2, -0.15) is 0 Å². The number of nitrogen functional groups attached to an aromatic ring is 1. The van der Waals surface area contributed by atoms with Crippen molar-refractivity contribution < 1.29 is 4.74 Å². The summed E-state index contributed by atoms with van der Waals surface area (Å²) in [4.78, 5) is 12.6. The van der Waals surface area contributed by atoms with Crippen LogP contribution in [0.25, 0.3) is 10.4 Å². The van der Waals surface area contributed by atoms with Crippen molar-refractivity contribution in [3.05, 3.63) is 56.4 Å². The number of halogens is 1. The number of anilines is 1. The van der Waals surface area contributed by atoms with Crippen LogP contribution in [0.5, 0.6) is 5.75 Å². The molecule has 7 heteroatoms. The average Bonchev–Trinajstić information content (AvgIpc) is 3.21. The van der Waals surface area contributed by atoms with Gasteiger partial charge in [0.15, 0.2) is 11.6 Å². The highest BCUT2D eigenvalue weighted by Gasteiger charge is 2.21. The maximum atomic E-state index is 6.08. The molecule has 0 unspecified atom stereocenters. The quantitative estimate of drug-likeness (QED) is 0.475. The molecule has 5 nitrogen and oxygen atoms in total. The third kappa shape index (κ3) is 4.73. The molecule has 0 amide bonds. The van der Waals surface area contributed by atoms with Crippen LogP contribution in [0.4, 0.5) is 5.82 Å². The van der Waals surface area contributed by atoms with Gasteiger partial charge in [-0.15, -0.1) is 11.3 Å². The Morgan fingerprint density at radius 3 is 2.83 bits per heavy atom. The number of piperidine rings is 1. The molecule has 0 atom stereocenters. The number of ether oxygens (including phenoxy) is 1. The number of rotatable bonds is 5. The molecule has 3 aromatic rings. The fourth-order valence-electron chi connectivity index (χ4n) is 3.53. The fraction of sp³-hybridized carbons (Fsp3) is 0.364. The van der Waals surface area contributed by atoms with Gasteiger partial charge in [0.05, 0.1) is 9.88 Å². The van der Waals surface area contributed by atoms with Crippen LogP contribution in [0.2, 0.25) is 0 Å². The second kappa shape index (κ2) is 8.97. The van der Waals surface area contributed by atoms with E-state index in [1.807, 2.05) is 24.5 Å². The van der Waals surface area contributed by atoms with Crippen LogP contribution >= 0.6 is 33.9 Å². The van der Waals surface area contributed by atoms with Gasteiger partial charge >= 0.3 is 0 Å². The van der Waals surface area contributed by atoms with Crippen LogP contribution in [0.15, 0.2) is 36.7 Å². The smallest absolute Gasteiger partial charge is 0.166 e. The van der Waals surface area contributed by atoms with Gasteiger partial charge in [-0.3, -0.25) is 0 Å². The van der Waals surface area contributed by atoms with Crippen LogP contribution in [0, 0.1) is 10.5 Å². The molecule has 1 saturated heterocycles. The normalized spacial score (nSPS) is 15.6. The lowest BCUT2D eigenvalue weighted by Crippen LogP contribution is -2.29. The largest absolute Gasteiger partial charge is 0.485 e. The Morgan fingerprint density at radius 2 is 2.03 bits per heavy atom. The van der Waals surface area contributed by atoms with Gasteiger partial charge in [-0.05, 0) is 85.8 Å². The molecule has 2 aromatic heterocycles. The predicted molar refractivity (Wildman–Crippen MR) is 127 cm³/mol. The highest BCUT2D eigenvalue weighted by atomic mass is 127. The van der Waals surface area contributed by atoms with Gasteiger partial charge in [-0.1, -0.05) is 12.1 Å². The predicted octanol–water partition coefficient (Wildman–Crippen LogP) is 5.09. The summed E-state index contributed by atoms with van der Waals surface area (Å²) >= 11 is 4.11. The van der Waals surface area contributed by atoms with Crippen LogP contribution < -0.4 is 10.5 Å². The van der Waals surface area contributed by atoms with Crippen molar-refractivity contribution in [3.63, 3.8) is 0 Å². The average molecular weight is 520 g/mol.